The third kappa shape index (κ3) is 3.20. The Kier molecular flexibility index (Phi) is 3.83. The van der Waals surface area contributed by atoms with E-state index in [1.165, 1.54) is 0 Å². The minimum Gasteiger partial charge on any atom is -0.289 e. The van der Waals surface area contributed by atoms with Crippen LogP contribution in [0, 0.1) is 0 Å². The van der Waals surface area contributed by atoms with Crippen LogP contribution in [0.25, 0.3) is 0 Å². The minimum absolute atomic E-state index is 0.0422. The Balaban J connectivity index is 1.77. The number of nitrogens with zero attached hydrogens (tertiary/aromatic N) is 2. The molecule has 0 aliphatic heterocycles. The van der Waals surface area contributed by atoms with Crippen LogP contribution in [0.2, 0.25) is 0 Å². The summed E-state index contributed by atoms with van der Waals surface area (Å²) >= 11 is 0. The minimum atomic E-state index is 0.0422. The fraction of sp³-hybridized carbons (Fsp3) is 0.0556. The number of pyridine rings is 2. The Bertz CT molecular complexity index is 722. The van der Waals surface area contributed by atoms with Crippen LogP contribution in [0.15, 0.2) is 79.3 Å². The maximum absolute atomic E-state index is 12.3. The first-order valence-electron chi connectivity index (χ1n) is 6.82. The van der Waals surface area contributed by atoms with Crippen molar-refractivity contribution in [2.75, 3.05) is 0 Å². The van der Waals surface area contributed by atoms with E-state index in [1.54, 1.807) is 6.20 Å². The molecule has 0 unspecified atom stereocenters. The van der Waals surface area contributed by atoms with Crippen molar-refractivity contribution in [3.63, 3.8) is 0 Å². The molecule has 0 saturated carbocycles. The molecule has 0 fully saturated rings. The van der Waals surface area contributed by atoms with Gasteiger partial charge in [-0.05, 0) is 12.1 Å². The summed E-state index contributed by atoms with van der Waals surface area (Å²) < 4.78 is 2.00. The van der Waals surface area contributed by atoms with Gasteiger partial charge in [0.25, 0.3) is 0 Å². The third-order valence-corrected chi connectivity index (χ3v) is 3.26. The van der Waals surface area contributed by atoms with E-state index >= 15 is 0 Å². The Morgan fingerprint density at radius 3 is 2.19 bits per heavy atom. The average Bonchev–Trinajstić information content (AvgIpc) is 2.57. The van der Waals surface area contributed by atoms with Crippen molar-refractivity contribution in [2.24, 2.45) is 0 Å². The van der Waals surface area contributed by atoms with E-state index in [4.69, 9.17) is 0 Å². The van der Waals surface area contributed by atoms with E-state index in [2.05, 4.69) is 4.98 Å². The summed E-state index contributed by atoms with van der Waals surface area (Å²) in [6.07, 6.45) is 5.60. The van der Waals surface area contributed by atoms with Crippen LogP contribution >= 0.6 is 0 Å². The van der Waals surface area contributed by atoms with Crippen molar-refractivity contribution in [3.8, 4) is 0 Å². The molecule has 0 aliphatic carbocycles. The molecule has 0 spiro atoms. The van der Waals surface area contributed by atoms with E-state index in [-0.39, 0.29) is 5.78 Å². The molecule has 3 rings (SSSR count). The predicted octanol–water partition coefficient (Wildman–Crippen LogP) is 2.65. The lowest BCUT2D eigenvalue weighted by Crippen LogP contribution is -2.33. The quantitative estimate of drug-likeness (QED) is 0.542. The van der Waals surface area contributed by atoms with E-state index < -0.39 is 0 Å². The van der Waals surface area contributed by atoms with Crippen LogP contribution in [0.5, 0.6) is 0 Å². The summed E-state index contributed by atoms with van der Waals surface area (Å²) in [6.45, 7) is 0.695. The zero-order chi connectivity index (χ0) is 14.5. The van der Waals surface area contributed by atoms with Crippen molar-refractivity contribution in [1.82, 2.24) is 4.98 Å². The zero-order valence-electron chi connectivity index (χ0n) is 11.5. The monoisotopic (exact) mass is 275 g/mol. The summed E-state index contributed by atoms with van der Waals surface area (Å²) in [7, 11) is 0. The molecule has 0 aliphatic rings. The summed E-state index contributed by atoms with van der Waals surface area (Å²) in [5, 5.41) is 0. The second-order valence-electron chi connectivity index (χ2n) is 4.78. The van der Waals surface area contributed by atoms with Gasteiger partial charge in [0, 0.05) is 29.5 Å². The molecule has 0 amide bonds. The van der Waals surface area contributed by atoms with Crippen LogP contribution < -0.4 is 4.57 Å². The zero-order valence-corrected chi connectivity index (χ0v) is 11.5. The highest BCUT2D eigenvalue weighted by Crippen LogP contribution is 2.07. The van der Waals surface area contributed by atoms with Crippen molar-refractivity contribution < 1.29 is 9.36 Å². The van der Waals surface area contributed by atoms with Gasteiger partial charge in [-0.1, -0.05) is 36.4 Å². The van der Waals surface area contributed by atoms with Crippen molar-refractivity contribution in [1.29, 1.82) is 0 Å². The lowest BCUT2D eigenvalue weighted by molar-refractivity contribution is -0.688. The second kappa shape index (κ2) is 6.09. The first-order valence-corrected chi connectivity index (χ1v) is 6.82. The standard InChI is InChI=1S/C18H15N2O/c21-18(15-6-2-1-3-7-15)16-9-12-20(13-10-16)14-17-8-4-5-11-19-17/h1-13H,14H2/q+1. The lowest BCUT2D eigenvalue weighted by atomic mass is 10.0. The normalized spacial score (nSPS) is 10.3. The molecule has 0 bridgehead atoms. The van der Waals surface area contributed by atoms with Gasteiger partial charge in [0.1, 0.15) is 5.69 Å². The average molecular weight is 275 g/mol. The number of rotatable bonds is 4. The summed E-state index contributed by atoms with van der Waals surface area (Å²) in [5.41, 5.74) is 2.39. The van der Waals surface area contributed by atoms with Crippen LogP contribution in [-0.4, -0.2) is 10.8 Å². The molecule has 21 heavy (non-hydrogen) atoms. The highest BCUT2D eigenvalue weighted by atomic mass is 16.1. The van der Waals surface area contributed by atoms with Gasteiger partial charge in [-0.3, -0.25) is 9.78 Å². The highest BCUT2D eigenvalue weighted by Gasteiger charge is 2.10. The van der Waals surface area contributed by atoms with Gasteiger partial charge in [0.15, 0.2) is 24.7 Å². The fourth-order valence-corrected chi connectivity index (χ4v) is 2.15. The molecule has 0 radical (unpaired) electrons. The molecule has 2 aromatic heterocycles. The van der Waals surface area contributed by atoms with Crippen LogP contribution in [-0.2, 0) is 6.54 Å². The first kappa shape index (κ1) is 13.2. The van der Waals surface area contributed by atoms with Crippen molar-refractivity contribution in [2.45, 2.75) is 6.54 Å². The number of hydrogen-bond donors (Lipinski definition) is 0. The SMILES string of the molecule is O=C(c1ccccc1)c1cc[n+](Cc2ccccn2)cc1. The molecular formula is C18H15N2O+. The smallest absolute Gasteiger partial charge is 0.193 e. The molecule has 0 N–H and O–H groups in total. The Labute approximate surface area is 123 Å². The molecule has 0 atom stereocenters. The summed E-state index contributed by atoms with van der Waals surface area (Å²) in [5.74, 6) is 0.0422. The molecular weight excluding hydrogens is 260 g/mol. The highest BCUT2D eigenvalue weighted by molar-refractivity contribution is 6.08. The number of aromatic nitrogens is 2. The Morgan fingerprint density at radius 2 is 1.52 bits per heavy atom. The van der Waals surface area contributed by atoms with E-state index in [1.807, 2.05) is 77.6 Å². The number of hydrogen-bond acceptors (Lipinski definition) is 2. The van der Waals surface area contributed by atoms with Gasteiger partial charge in [-0.25, -0.2) is 0 Å². The van der Waals surface area contributed by atoms with Gasteiger partial charge >= 0.3 is 0 Å². The van der Waals surface area contributed by atoms with Crippen molar-refractivity contribution in [3.05, 3.63) is 96.1 Å². The van der Waals surface area contributed by atoms with Crippen molar-refractivity contribution >= 4 is 5.78 Å². The Hall–Kier alpha value is -2.81. The third-order valence-electron chi connectivity index (χ3n) is 3.26. The fourth-order valence-electron chi connectivity index (χ4n) is 2.15. The molecule has 102 valence electrons. The van der Waals surface area contributed by atoms with Crippen LogP contribution in [0.1, 0.15) is 21.6 Å². The summed E-state index contributed by atoms with van der Waals surface area (Å²) in [6, 6.07) is 18.9. The molecule has 3 aromatic rings. The van der Waals surface area contributed by atoms with Gasteiger partial charge in [0.05, 0.1) is 0 Å². The number of carbonyl (C=O) groups is 1. The number of benzene rings is 1. The van der Waals surface area contributed by atoms with Gasteiger partial charge in [-0.2, -0.15) is 4.57 Å². The molecule has 3 heteroatoms. The Morgan fingerprint density at radius 1 is 0.857 bits per heavy atom. The van der Waals surface area contributed by atoms with Crippen LogP contribution in [0.3, 0.4) is 0 Å². The predicted molar refractivity (Wildman–Crippen MR) is 79.9 cm³/mol. The van der Waals surface area contributed by atoms with E-state index in [0.29, 0.717) is 17.7 Å². The van der Waals surface area contributed by atoms with Gasteiger partial charge in [-0.15, -0.1) is 0 Å². The molecule has 3 nitrogen and oxygen atoms in total. The van der Waals surface area contributed by atoms with Gasteiger partial charge in [0.2, 0.25) is 0 Å². The van der Waals surface area contributed by atoms with Crippen LogP contribution in [0.4, 0.5) is 0 Å². The topological polar surface area (TPSA) is 33.8 Å². The summed E-state index contributed by atoms with van der Waals surface area (Å²) in [4.78, 5) is 16.6. The lowest BCUT2D eigenvalue weighted by Gasteiger charge is -2.01. The molecule has 0 saturated heterocycles. The molecule has 1 aromatic carbocycles. The first-order chi connectivity index (χ1) is 10.3. The van der Waals surface area contributed by atoms with E-state index in [9.17, 15) is 4.79 Å². The van der Waals surface area contributed by atoms with Gasteiger partial charge < -0.3 is 0 Å². The number of ketones is 1. The van der Waals surface area contributed by atoms with E-state index in [0.717, 1.165) is 5.69 Å². The second-order valence-corrected chi connectivity index (χ2v) is 4.78. The molecule has 2 heterocycles. The number of carbonyl (C=O) groups excluding carboxylic acids is 1. The largest absolute Gasteiger partial charge is 0.289 e. The maximum Gasteiger partial charge on any atom is 0.193 e. The maximum atomic E-state index is 12.3.